The molecule has 2 aromatic rings. The van der Waals surface area contributed by atoms with Crippen molar-refractivity contribution < 1.29 is 4.74 Å². The number of aromatic nitrogens is 2. The minimum absolute atomic E-state index is 0.629. The van der Waals surface area contributed by atoms with E-state index in [1.165, 1.54) is 6.33 Å². The lowest BCUT2D eigenvalue weighted by Crippen LogP contribution is -2.04. The molecule has 1 aromatic carbocycles. The fraction of sp³-hybridized carbons (Fsp3) is 0.286. The van der Waals surface area contributed by atoms with Crippen molar-refractivity contribution in [2.24, 2.45) is 0 Å². The second kappa shape index (κ2) is 6.95. The van der Waals surface area contributed by atoms with Gasteiger partial charge < -0.3 is 10.1 Å². The molecule has 1 aromatic heterocycles. The van der Waals surface area contributed by atoms with Gasteiger partial charge in [0.1, 0.15) is 12.1 Å². The van der Waals surface area contributed by atoms with Crippen molar-refractivity contribution in [2.45, 2.75) is 19.9 Å². The Morgan fingerprint density at radius 3 is 2.79 bits per heavy atom. The lowest BCUT2D eigenvalue weighted by atomic mass is 10.2. The first kappa shape index (κ1) is 13.6. The van der Waals surface area contributed by atoms with Crippen LogP contribution in [0.5, 0.6) is 5.75 Å². The number of nitrogens with one attached hydrogen (secondary N) is 1. The molecule has 1 heterocycles. The lowest BCUT2D eigenvalue weighted by molar-refractivity contribution is 0.319. The van der Waals surface area contributed by atoms with Crippen molar-refractivity contribution in [3.63, 3.8) is 0 Å². The second-order valence-electron chi connectivity index (χ2n) is 4.09. The fourth-order valence-electron chi connectivity index (χ4n) is 1.60. The molecule has 0 radical (unpaired) electrons. The molecule has 1 N–H and O–H groups in total. The number of nitrogens with zero attached hydrogens (tertiary/aromatic N) is 2. The van der Waals surface area contributed by atoms with Crippen LogP contribution in [0.25, 0.3) is 0 Å². The molecular weight excluding hydrogens is 262 g/mol. The molecule has 2 rings (SSSR count). The molecule has 0 aliphatic heterocycles. The first-order valence-electron chi connectivity index (χ1n) is 6.19. The largest absolute Gasteiger partial charge is 0.491 e. The number of hydrogen-bond donors (Lipinski definition) is 1. The number of ether oxygens (including phenoxy) is 1. The van der Waals surface area contributed by atoms with Crippen LogP contribution in [0.15, 0.2) is 36.9 Å². The summed E-state index contributed by atoms with van der Waals surface area (Å²) in [5.41, 5.74) is 1.88. The molecular formula is C14H16ClN3O. The summed E-state index contributed by atoms with van der Waals surface area (Å²) in [6.45, 7) is 3.39. The van der Waals surface area contributed by atoms with Gasteiger partial charge in [-0.3, -0.25) is 0 Å². The Labute approximate surface area is 117 Å². The van der Waals surface area contributed by atoms with Gasteiger partial charge >= 0.3 is 0 Å². The zero-order valence-electron chi connectivity index (χ0n) is 10.8. The van der Waals surface area contributed by atoms with Gasteiger partial charge in [-0.05, 0) is 24.6 Å². The molecule has 0 fully saturated rings. The highest BCUT2D eigenvalue weighted by molar-refractivity contribution is 6.30. The van der Waals surface area contributed by atoms with Crippen molar-refractivity contribution in [2.75, 3.05) is 11.9 Å². The van der Waals surface area contributed by atoms with Crippen LogP contribution in [-0.2, 0) is 6.54 Å². The summed E-state index contributed by atoms with van der Waals surface area (Å²) < 4.78 is 5.68. The SMILES string of the molecule is CCCOc1ccc(Cl)cc1NCc1cncnc1. The zero-order valence-corrected chi connectivity index (χ0v) is 11.5. The minimum Gasteiger partial charge on any atom is -0.491 e. The third kappa shape index (κ3) is 4.10. The average molecular weight is 278 g/mol. The number of rotatable bonds is 6. The topological polar surface area (TPSA) is 47.0 Å². The fourth-order valence-corrected chi connectivity index (χ4v) is 1.77. The van der Waals surface area contributed by atoms with E-state index in [-0.39, 0.29) is 0 Å². The highest BCUT2D eigenvalue weighted by Crippen LogP contribution is 2.28. The van der Waals surface area contributed by atoms with E-state index in [0.717, 1.165) is 23.4 Å². The average Bonchev–Trinajstić information content (AvgIpc) is 2.45. The van der Waals surface area contributed by atoms with Crippen molar-refractivity contribution in [3.8, 4) is 5.75 Å². The molecule has 0 unspecified atom stereocenters. The number of anilines is 1. The molecule has 0 aliphatic carbocycles. The normalized spacial score (nSPS) is 10.2. The summed E-state index contributed by atoms with van der Waals surface area (Å²) in [6, 6.07) is 5.56. The van der Waals surface area contributed by atoms with Gasteiger partial charge in [-0.25, -0.2) is 9.97 Å². The first-order chi connectivity index (χ1) is 9.29. The Hall–Kier alpha value is -1.81. The Morgan fingerprint density at radius 2 is 2.05 bits per heavy atom. The van der Waals surface area contributed by atoms with Gasteiger partial charge in [0.15, 0.2) is 0 Å². The van der Waals surface area contributed by atoms with Crippen molar-refractivity contribution in [1.82, 2.24) is 9.97 Å². The molecule has 0 amide bonds. The standard InChI is InChI=1S/C14H16ClN3O/c1-2-5-19-14-4-3-12(15)6-13(14)18-9-11-7-16-10-17-8-11/h3-4,6-8,10,18H,2,5,9H2,1H3. The smallest absolute Gasteiger partial charge is 0.142 e. The maximum atomic E-state index is 6.01. The first-order valence-corrected chi connectivity index (χ1v) is 6.57. The van der Waals surface area contributed by atoms with Crippen LogP contribution in [-0.4, -0.2) is 16.6 Å². The molecule has 0 saturated heterocycles. The van der Waals surface area contributed by atoms with E-state index < -0.39 is 0 Å². The maximum absolute atomic E-state index is 6.01. The highest BCUT2D eigenvalue weighted by atomic mass is 35.5. The monoisotopic (exact) mass is 277 g/mol. The van der Waals surface area contributed by atoms with Crippen molar-refractivity contribution >= 4 is 17.3 Å². The quantitative estimate of drug-likeness (QED) is 0.877. The van der Waals surface area contributed by atoms with Crippen molar-refractivity contribution in [1.29, 1.82) is 0 Å². The molecule has 0 aliphatic rings. The van der Waals surface area contributed by atoms with Gasteiger partial charge in [-0.2, -0.15) is 0 Å². The summed E-state index contributed by atoms with van der Waals surface area (Å²) >= 11 is 6.01. The van der Waals surface area contributed by atoms with Gasteiger partial charge in [-0.15, -0.1) is 0 Å². The third-order valence-corrected chi connectivity index (χ3v) is 2.74. The Bertz CT molecular complexity index is 519. The summed E-state index contributed by atoms with van der Waals surface area (Å²) in [5, 5.41) is 3.97. The molecule has 0 saturated carbocycles. The van der Waals surface area contributed by atoms with Gasteiger partial charge in [0.25, 0.3) is 0 Å². The van der Waals surface area contributed by atoms with Crippen LogP contribution in [0.3, 0.4) is 0 Å². The molecule has 0 bridgehead atoms. The van der Waals surface area contributed by atoms with E-state index in [9.17, 15) is 0 Å². The summed E-state index contributed by atoms with van der Waals surface area (Å²) in [5.74, 6) is 0.808. The maximum Gasteiger partial charge on any atom is 0.142 e. The van der Waals surface area contributed by atoms with Crippen molar-refractivity contribution in [3.05, 3.63) is 47.5 Å². The second-order valence-corrected chi connectivity index (χ2v) is 4.53. The van der Waals surface area contributed by atoms with Crippen LogP contribution in [0, 0.1) is 0 Å². The third-order valence-electron chi connectivity index (χ3n) is 2.50. The van der Waals surface area contributed by atoms with E-state index in [0.29, 0.717) is 18.2 Å². The minimum atomic E-state index is 0.629. The molecule has 0 spiro atoms. The van der Waals surface area contributed by atoms with Crippen LogP contribution in [0.4, 0.5) is 5.69 Å². The number of benzene rings is 1. The van der Waals surface area contributed by atoms with E-state index in [4.69, 9.17) is 16.3 Å². The number of halogens is 1. The van der Waals surface area contributed by atoms with E-state index >= 15 is 0 Å². The lowest BCUT2D eigenvalue weighted by Gasteiger charge is -2.13. The summed E-state index contributed by atoms with van der Waals surface area (Å²) in [4.78, 5) is 7.96. The molecule has 0 atom stereocenters. The summed E-state index contributed by atoms with van der Waals surface area (Å²) in [7, 11) is 0. The van der Waals surface area contributed by atoms with Crippen LogP contribution in [0.2, 0.25) is 5.02 Å². The van der Waals surface area contributed by atoms with E-state index in [2.05, 4.69) is 22.2 Å². The van der Waals surface area contributed by atoms with Gasteiger partial charge in [-0.1, -0.05) is 18.5 Å². The van der Waals surface area contributed by atoms with Gasteiger partial charge in [0, 0.05) is 29.5 Å². The van der Waals surface area contributed by atoms with Gasteiger partial charge in [0.05, 0.1) is 12.3 Å². The Balaban J connectivity index is 2.07. The Kier molecular flexibility index (Phi) is 4.98. The molecule has 100 valence electrons. The van der Waals surface area contributed by atoms with Crippen LogP contribution >= 0.6 is 11.6 Å². The van der Waals surface area contributed by atoms with E-state index in [1.54, 1.807) is 12.4 Å². The predicted molar refractivity (Wildman–Crippen MR) is 76.6 cm³/mol. The van der Waals surface area contributed by atoms with Gasteiger partial charge in [0.2, 0.25) is 0 Å². The van der Waals surface area contributed by atoms with Crippen LogP contribution < -0.4 is 10.1 Å². The molecule has 19 heavy (non-hydrogen) atoms. The predicted octanol–water partition coefficient (Wildman–Crippen LogP) is 3.53. The zero-order chi connectivity index (χ0) is 13.5. The van der Waals surface area contributed by atoms with E-state index in [1.807, 2.05) is 18.2 Å². The summed E-state index contributed by atoms with van der Waals surface area (Å²) in [6.07, 6.45) is 6.03. The highest BCUT2D eigenvalue weighted by Gasteiger charge is 2.04. The Morgan fingerprint density at radius 1 is 1.26 bits per heavy atom. The molecule has 4 nitrogen and oxygen atoms in total. The number of hydrogen-bond acceptors (Lipinski definition) is 4. The van der Waals surface area contributed by atoms with Crippen LogP contribution in [0.1, 0.15) is 18.9 Å². The molecule has 5 heteroatoms.